The maximum absolute atomic E-state index is 12.5. The zero-order valence-electron chi connectivity index (χ0n) is 15.0. The number of rotatable bonds is 7. The number of benzene rings is 2. The minimum absolute atomic E-state index is 0.113. The fourth-order valence-electron chi connectivity index (χ4n) is 2.71. The van der Waals surface area contributed by atoms with Crippen LogP contribution in [0.3, 0.4) is 0 Å². The molecule has 1 aliphatic carbocycles. The Morgan fingerprint density at radius 1 is 1.19 bits per heavy atom. The molecule has 27 heavy (non-hydrogen) atoms. The normalized spacial score (nSPS) is 14.1. The van der Waals surface area contributed by atoms with Crippen molar-refractivity contribution < 1.29 is 14.3 Å². The van der Waals surface area contributed by atoms with Crippen LogP contribution in [0, 0.1) is 17.2 Å². The predicted octanol–water partition coefficient (Wildman–Crippen LogP) is 3.78. The van der Waals surface area contributed by atoms with Crippen molar-refractivity contribution in [2.45, 2.75) is 35.6 Å². The number of hydrogen-bond acceptors (Lipinski definition) is 5. The molecule has 0 bridgehead atoms. The van der Waals surface area contributed by atoms with Crippen LogP contribution in [0.4, 0.5) is 0 Å². The number of ether oxygens (including phenoxy) is 1. The SMILES string of the molecule is C[C@H](NC(=O)COC(=O)c1ccccc1Sc1ccccc1C#N)C1CC1. The molecule has 1 aliphatic rings. The van der Waals surface area contributed by atoms with Crippen LogP contribution in [-0.2, 0) is 9.53 Å². The van der Waals surface area contributed by atoms with Crippen LogP contribution in [0.2, 0.25) is 0 Å². The number of carbonyl (C=O) groups is 2. The van der Waals surface area contributed by atoms with Gasteiger partial charge < -0.3 is 10.1 Å². The summed E-state index contributed by atoms with van der Waals surface area (Å²) in [5.74, 6) is -0.300. The van der Waals surface area contributed by atoms with E-state index in [1.807, 2.05) is 25.1 Å². The van der Waals surface area contributed by atoms with E-state index in [9.17, 15) is 14.9 Å². The Labute approximate surface area is 162 Å². The van der Waals surface area contributed by atoms with Crippen LogP contribution in [0.1, 0.15) is 35.7 Å². The van der Waals surface area contributed by atoms with Crippen molar-refractivity contribution in [3.8, 4) is 6.07 Å². The molecule has 0 heterocycles. The molecule has 0 radical (unpaired) electrons. The number of nitriles is 1. The van der Waals surface area contributed by atoms with Crippen molar-refractivity contribution in [2.24, 2.45) is 5.92 Å². The minimum Gasteiger partial charge on any atom is -0.452 e. The standard InChI is InChI=1S/C21H20N2O3S/c1-14(15-10-11-15)23-20(24)13-26-21(25)17-7-3-5-9-19(17)27-18-8-4-2-6-16(18)12-22/h2-9,14-15H,10-11,13H2,1H3,(H,23,24)/t14-/m0/s1. The topological polar surface area (TPSA) is 79.2 Å². The molecule has 2 aromatic rings. The third-order valence-electron chi connectivity index (χ3n) is 4.39. The monoisotopic (exact) mass is 380 g/mol. The molecule has 1 amide bonds. The van der Waals surface area contributed by atoms with Crippen molar-refractivity contribution in [2.75, 3.05) is 6.61 Å². The first-order valence-electron chi connectivity index (χ1n) is 8.81. The average Bonchev–Trinajstić information content (AvgIpc) is 3.52. The van der Waals surface area contributed by atoms with Gasteiger partial charge >= 0.3 is 5.97 Å². The number of hydrogen-bond donors (Lipinski definition) is 1. The summed E-state index contributed by atoms with van der Waals surface area (Å²) in [5, 5.41) is 12.1. The predicted molar refractivity (Wildman–Crippen MR) is 102 cm³/mol. The molecular formula is C21H20N2O3S. The average molecular weight is 380 g/mol. The third kappa shape index (κ3) is 5.11. The highest BCUT2D eigenvalue weighted by Crippen LogP contribution is 2.33. The third-order valence-corrected chi connectivity index (χ3v) is 5.54. The number of esters is 1. The van der Waals surface area contributed by atoms with E-state index in [2.05, 4.69) is 11.4 Å². The quantitative estimate of drug-likeness (QED) is 0.740. The second kappa shape index (κ2) is 8.74. The molecule has 0 spiro atoms. The Hall–Kier alpha value is -2.78. The molecule has 1 fully saturated rings. The lowest BCUT2D eigenvalue weighted by Gasteiger charge is -2.13. The molecule has 0 aliphatic heterocycles. The molecule has 138 valence electrons. The molecule has 2 aromatic carbocycles. The highest BCUT2D eigenvalue weighted by atomic mass is 32.2. The van der Waals surface area contributed by atoms with Crippen molar-refractivity contribution in [3.05, 3.63) is 59.7 Å². The summed E-state index contributed by atoms with van der Waals surface area (Å²) in [7, 11) is 0. The summed E-state index contributed by atoms with van der Waals surface area (Å²) in [6.45, 7) is 1.67. The summed E-state index contributed by atoms with van der Waals surface area (Å²) in [4.78, 5) is 25.9. The molecule has 0 unspecified atom stereocenters. The molecule has 0 aromatic heterocycles. The fraction of sp³-hybridized carbons (Fsp3) is 0.286. The number of carbonyl (C=O) groups excluding carboxylic acids is 2. The second-order valence-corrected chi connectivity index (χ2v) is 7.56. The Balaban J connectivity index is 1.65. The van der Waals surface area contributed by atoms with Gasteiger partial charge in [0.25, 0.3) is 5.91 Å². The molecule has 0 saturated heterocycles. The van der Waals surface area contributed by atoms with Gasteiger partial charge in [-0.05, 0) is 49.9 Å². The van der Waals surface area contributed by atoms with E-state index in [0.29, 0.717) is 21.9 Å². The van der Waals surface area contributed by atoms with Gasteiger partial charge in [0.2, 0.25) is 0 Å². The summed E-state index contributed by atoms with van der Waals surface area (Å²) in [6.07, 6.45) is 2.27. The maximum atomic E-state index is 12.5. The number of amides is 1. The van der Waals surface area contributed by atoms with Gasteiger partial charge in [-0.15, -0.1) is 0 Å². The lowest BCUT2D eigenvalue weighted by molar-refractivity contribution is -0.125. The first kappa shape index (κ1) is 19.0. The summed E-state index contributed by atoms with van der Waals surface area (Å²) in [5.41, 5.74) is 0.914. The van der Waals surface area contributed by atoms with Gasteiger partial charge in [-0.1, -0.05) is 36.0 Å². The number of nitrogens with zero attached hydrogens (tertiary/aromatic N) is 1. The van der Waals surface area contributed by atoms with Gasteiger partial charge in [0.15, 0.2) is 6.61 Å². The van der Waals surface area contributed by atoms with Gasteiger partial charge in [-0.2, -0.15) is 5.26 Å². The molecular weight excluding hydrogens is 360 g/mol. The van der Waals surface area contributed by atoms with Crippen molar-refractivity contribution in [1.29, 1.82) is 5.26 Å². The van der Waals surface area contributed by atoms with Gasteiger partial charge in [-0.25, -0.2) is 4.79 Å². The van der Waals surface area contributed by atoms with E-state index in [0.717, 1.165) is 17.7 Å². The largest absolute Gasteiger partial charge is 0.452 e. The molecule has 6 heteroatoms. The van der Waals surface area contributed by atoms with E-state index < -0.39 is 5.97 Å². The molecule has 1 N–H and O–H groups in total. The van der Waals surface area contributed by atoms with E-state index in [4.69, 9.17) is 4.74 Å². The Morgan fingerprint density at radius 2 is 1.85 bits per heavy atom. The van der Waals surface area contributed by atoms with Crippen LogP contribution < -0.4 is 5.32 Å². The van der Waals surface area contributed by atoms with E-state index in [1.165, 1.54) is 11.8 Å². The zero-order valence-corrected chi connectivity index (χ0v) is 15.8. The van der Waals surface area contributed by atoms with Crippen LogP contribution in [0.25, 0.3) is 0 Å². The molecule has 5 nitrogen and oxygen atoms in total. The van der Waals surface area contributed by atoms with Crippen LogP contribution in [-0.4, -0.2) is 24.5 Å². The summed E-state index contributed by atoms with van der Waals surface area (Å²) < 4.78 is 5.20. The summed E-state index contributed by atoms with van der Waals surface area (Å²) in [6, 6.07) is 16.5. The van der Waals surface area contributed by atoms with Crippen molar-refractivity contribution in [3.63, 3.8) is 0 Å². The highest BCUT2D eigenvalue weighted by Gasteiger charge is 2.29. The van der Waals surface area contributed by atoms with Crippen LogP contribution >= 0.6 is 11.8 Å². The van der Waals surface area contributed by atoms with Crippen molar-refractivity contribution >= 4 is 23.6 Å². The first-order valence-corrected chi connectivity index (χ1v) is 9.62. The molecule has 3 rings (SSSR count). The summed E-state index contributed by atoms with van der Waals surface area (Å²) >= 11 is 1.33. The Morgan fingerprint density at radius 3 is 2.56 bits per heavy atom. The van der Waals surface area contributed by atoms with Crippen molar-refractivity contribution in [1.82, 2.24) is 5.32 Å². The van der Waals surface area contributed by atoms with Gasteiger partial charge in [-0.3, -0.25) is 4.79 Å². The Bertz CT molecular complexity index is 887. The lowest BCUT2D eigenvalue weighted by atomic mass is 10.2. The van der Waals surface area contributed by atoms with Gasteiger partial charge in [0.1, 0.15) is 6.07 Å². The van der Waals surface area contributed by atoms with Crippen LogP contribution in [0.15, 0.2) is 58.3 Å². The Kier molecular flexibility index (Phi) is 6.15. The maximum Gasteiger partial charge on any atom is 0.339 e. The van der Waals surface area contributed by atoms with E-state index >= 15 is 0 Å². The van der Waals surface area contributed by atoms with E-state index in [-0.39, 0.29) is 18.6 Å². The zero-order chi connectivity index (χ0) is 19.2. The minimum atomic E-state index is -0.554. The molecule has 1 atom stereocenters. The van der Waals surface area contributed by atoms with E-state index in [1.54, 1.807) is 30.3 Å². The van der Waals surface area contributed by atoms with Gasteiger partial charge in [0.05, 0.1) is 11.1 Å². The smallest absolute Gasteiger partial charge is 0.339 e. The lowest BCUT2D eigenvalue weighted by Crippen LogP contribution is -2.37. The van der Waals surface area contributed by atoms with Gasteiger partial charge in [0, 0.05) is 15.8 Å². The number of nitrogens with one attached hydrogen (secondary N) is 1. The van der Waals surface area contributed by atoms with Crippen LogP contribution in [0.5, 0.6) is 0 Å². The first-order chi connectivity index (χ1) is 13.1. The fourth-order valence-corrected chi connectivity index (χ4v) is 3.72. The molecule has 1 saturated carbocycles. The second-order valence-electron chi connectivity index (χ2n) is 6.48. The highest BCUT2D eigenvalue weighted by molar-refractivity contribution is 7.99.